The minimum absolute atomic E-state index is 0.0683. The van der Waals surface area contributed by atoms with Gasteiger partial charge in [-0.1, -0.05) is 42.8 Å². The van der Waals surface area contributed by atoms with Crippen molar-refractivity contribution >= 4 is 27.4 Å². The Morgan fingerprint density at radius 1 is 1.20 bits per heavy atom. The molecule has 4 aliphatic rings. The van der Waals surface area contributed by atoms with Crippen LogP contribution < -0.4 is 19.1 Å². The molecular formula is C38H47N5O6S. The third-order valence-corrected chi connectivity index (χ3v) is 12.9. The van der Waals surface area contributed by atoms with Crippen molar-refractivity contribution in [3.05, 3.63) is 82.6 Å². The van der Waals surface area contributed by atoms with E-state index < -0.39 is 27.8 Å². The second-order valence-corrected chi connectivity index (χ2v) is 16.8. The summed E-state index contributed by atoms with van der Waals surface area (Å²) in [6.45, 7) is 5.95. The molecular weight excluding hydrogens is 655 g/mol. The molecule has 2 aliphatic carbocycles. The van der Waals surface area contributed by atoms with E-state index in [-0.39, 0.29) is 45.9 Å². The highest BCUT2D eigenvalue weighted by atomic mass is 32.2. The molecule has 50 heavy (non-hydrogen) atoms. The number of carbonyl (C=O) groups is 2. The number of hydrogen-bond donors (Lipinski definition) is 2. The molecule has 1 aromatic heterocycles. The molecule has 0 radical (unpaired) electrons. The summed E-state index contributed by atoms with van der Waals surface area (Å²) in [6.07, 6.45) is 10.1. The first-order valence-corrected chi connectivity index (χ1v) is 19.3. The molecule has 3 aromatic rings. The number of aromatic nitrogens is 2. The third kappa shape index (κ3) is 6.67. The molecule has 12 heteroatoms. The van der Waals surface area contributed by atoms with Crippen LogP contribution in [-0.2, 0) is 28.8 Å². The van der Waals surface area contributed by atoms with E-state index in [4.69, 9.17) is 9.47 Å². The highest BCUT2D eigenvalue weighted by Crippen LogP contribution is 2.46. The van der Waals surface area contributed by atoms with Crippen LogP contribution in [0.4, 0.5) is 5.69 Å². The molecule has 3 heterocycles. The van der Waals surface area contributed by atoms with Crippen LogP contribution >= 0.6 is 0 Å². The summed E-state index contributed by atoms with van der Waals surface area (Å²) in [5, 5.41) is 15.5. The van der Waals surface area contributed by atoms with Crippen molar-refractivity contribution in [2.75, 3.05) is 37.5 Å². The van der Waals surface area contributed by atoms with E-state index in [9.17, 15) is 18.9 Å². The summed E-state index contributed by atoms with van der Waals surface area (Å²) in [7, 11) is -0.563. The number of fused-ring (bicyclic) bond motifs is 4. The Labute approximate surface area is 294 Å². The van der Waals surface area contributed by atoms with Crippen molar-refractivity contribution in [2.24, 2.45) is 29.2 Å². The topological polar surface area (TPSA) is 135 Å². The maximum absolute atomic E-state index is 14.5. The predicted molar refractivity (Wildman–Crippen MR) is 192 cm³/mol. The van der Waals surface area contributed by atoms with E-state index >= 15 is 0 Å². The lowest BCUT2D eigenvalue weighted by molar-refractivity contribution is 0.0456. The molecule has 266 valence electrons. The number of carbonyl (C=O) groups excluding carboxylic acids is 2. The number of anilines is 1. The number of methoxy groups -OCH3 is 1. The highest BCUT2D eigenvalue weighted by molar-refractivity contribution is 7.92. The molecule has 1 fully saturated rings. The number of aliphatic hydroxyl groups excluding tert-OH is 1. The van der Waals surface area contributed by atoms with Gasteiger partial charge in [0, 0.05) is 37.3 Å². The fourth-order valence-electron chi connectivity index (χ4n) is 8.27. The second kappa shape index (κ2) is 13.5. The minimum Gasteiger partial charge on any atom is -0.490 e. The highest BCUT2D eigenvalue weighted by Gasteiger charge is 2.44. The SMILES string of the molecule is COc1nn(C)cc1C(=O)NS1(=O)=NC(=O)c2ccc3c(c2)N(C[C@@H]2CC[C@H]2[C@@H](O)/C=C/C[C@H](C)C1)C[C@@]1(CCCc2cc(C)ccc21)CO3. The first-order valence-electron chi connectivity index (χ1n) is 17.6. The van der Waals surface area contributed by atoms with E-state index in [1.807, 2.05) is 25.1 Å². The third-order valence-electron chi connectivity index (χ3n) is 10.9. The first kappa shape index (κ1) is 34.3. The number of allylic oxidation sites excluding steroid dienone is 1. The van der Waals surface area contributed by atoms with Gasteiger partial charge in [-0.2, -0.15) is 0 Å². The Hall–Kier alpha value is -4.16. The lowest BCUT2D eigenvalue weighted by atomic mass is 9.68. The van der Waals surface area contributed by atoms with Crippen LogP contribution in [0.1, 0.15) is 76.4 Å². The van der Waals surface area contributed by atoms with Gasteiger partial charge in [0.05, 0.1) is 31.3 Å². The molecule has 2 N–H and O–H groups in total. The Bertz CT molecular complexity index is 1960. The van der Waals surface area contributed by atoms with Gasteiger partial charge in [-0.05, 0) is 92.5 Å². The molecule has 2 aliphatic heterocycles. The minimum atomic E-state index is -3.61. The Morgan fingerprint density at radius 3 is 2.82 bits per heavy atom. The lowest BCUT2D eigenvalue weighted by Gasteiger charge is -2.45. The maximum Gasteiger partial charge on any atom is 0.286 e. The number of benzene rings is 2. The van der Waals surface area contributed by atoms with E-state index in [0.29, 0.717) is 31.9 Å². The average molecular weight is 702 g/mol. The van der Waals surface area contributed by atoms with Gasteiger partial charge >= 0.3 is 0 Å². The molecule has 1 saturated carbocycles. The number of hydrogen-bond acceptors (Lipinski definition) is 8. The lowest BCUT2D eigenvalue weighted by Crippen LogP contribution is -2.49. The Kier molecular flexibility index (Phi) is 9.27. The van der Waals surface area contributed by atoms with Crippen LogP contribution in [0.25, 0.3) is 0 Å². The number of amides is 2. The zero-order valence-corrected chi connectivity index (χ0v) is 30.1. The van der Waals surface area contributed by atoms with Crippen LogP contribution in [0.15, 0.2) is 59.1 Å². The van der Waals surface area contributed by atoms with Crippen molar-refractivity contribution in [3.63, 3.8) is 0 Å². The van der Waals surface area contributed by atoms with Gasteiger partial charge in [0.25, 0.3) is 11.8 Å². The van der Waals surface area contributed by atoms with Gasteiger partial charge in [-0.15, -0.1) is 9.46 Å². The Morgan fingerprint density at radius 2 is 2.04 bits per heavy atom. The monoisotopic (exact) mass is 701 g/mol. The zero-order valence-electron chi connectivity index (χ0n) is 29.3. The summed E-state index contributed by atoms with van der Waals surface area (Å²) < 4.78 is 34.6. The maximum atomic E-state index is 14.5. The first-order chi connectivity index (χ1) is 24.0. The van der Waals surface area contributed by atoms with Crippen molar-refractivity contribution in [2.45, 2.75) is 63.9 Å². The average Bonchev–Trinajstić information content (AvgIpc) is 3.37. The molecule has 1 unspecified atom stereocenters. The predicted octanol–water partition coefficient (Wildman–Crippen LogP) is 5.15. The fraction of sp³-hybridized carbons (Fsp3) is 0.500. The summed E-state index contributed by atoms with van der Waals surface area (Å²) in [5.41, 5.74) is 4.83. The molecule has 2 amide bonds. The van der Waals surface area contributed by atoms with E-state index in [2.05, 4.69) is 44.2 Å². The van der Waals surface area contributed by atoms with Crippen molar-refractivity contribution in [1.82, 2.24) is 14.5 Å². The molecule has 7 rings (SSSR count). The van der Waals surface area contributed by atoms with Crippen molar-refractivity contribution in [3.8, 4) is 11.6 Å². The van der Waals surface area contributed by atoms with E-state index in [1.165, 1.54) is 34.7 Å². The van der Waals surface area contributed by atoms with Gasteiger partial charge in [-0.25, -0.2) is 4.21 Å². The summed E-state index contributed by atoms with van der Waals surface area (Å²) in [6, 6.07) is 12.0. The number of nitrogens with one attached hydrogen (secondary N) is 1. The van der Waals surface area contributed by atoms with E-state index in [0.717, 1.165) is 37.8 Å². The van der Waals surface area contributed by atoms with Crippen LogP contribution in [0, 0.1) is 24.7 Å². The van der Waals surface area contributed by atoms with Crippen LogP contribution in [-0.4, -0.2) is 69.6 Å². The van der Waals surface area contributed by atoms with Crippen molar-refractivity contribution in [1.29, 1.82) is 0 Å². The largest absolute Gasteiger partial charge is 0.490 e. The molecule has 1 spiro atoms. The molecule has 2 aromatic carbocycles. The number of ether oxygens (including phenoxy) is 2. The van der Waals surface area contributed by atoms with E-state index in [1.54, 1.807) is 19.2 Å². The summed E-state index contributed by atoms with van der Waals surface area (Å²) >= 11 is 0. The number of nitrogens with zero attached hydrogens (tertiary/aromatic N) is 4. The quantitative estimate of drug-likeness (QED) is 0.359. The van der Waals surface area contributed by atoms with Gasteiger partial charge < -0.3 is 19.5 Å². The van der Waals surface area contributed by atoms with Crippen LogP contribution in [0.3, 0.4) is 0 Å². The smallest absolute Gasteiger partial charge is 0.286 e. The van der Waals surface area contributed by atoms with Crippen LogP contribution in [0.2, 0.25) is 0 Å². The van der Waals surface area contributed by atoms with Gasteiger partial charge in [0.1, 0.15) is 21.2 Å². The summed E-state index contributed by atoms with van der Waals surface area (Å²) in [5.74, 6) is -0.536. The van der Waals surface area contributed by atoms with Gasteiger partial charge in [0.15, 0.2) is 0 Å². The number of aryl methyl sites for hydroxylation is 3. The van der Waals surface area contributed by atoms with Crippen molar-refractivity contribution < 1.29 is 28.4 Å². The van der Waals surface area contributed by atoms with Crippen LogP contribution in [0.5, 0.6) is 11.6 Å². The normalized spacial score (nSPS) is 30.1. The number of rotatable bonds is 3. The zero-order chi connectivity index (χ0) is 35.2. The van der Waals surface area contributed by atoms with Gasteiger partial charge in [-0.3, -0.25) is 19.0 Å². The second-order valence-electron chi connectivity index (χ2n) is 14.8. The molecule has 2 bridgehead atoms. The van der Waals surface area contributed by atoms with Gasteiger partial charge in [0.2, 0.25) is 5.88 Å². The Balaban J connectivity index is 1.30. The fourth-order valence-corrected chi connectivity index (χ4v) is 10.2. The molecule has 6 atom stereocenters. The number of aliphatic hydroxyl groups is 1. The molecule has 0 saturated heterocycles. The molecule has 11 nitrogen and oxygen atoms in total. The standard InChI is InChI=1S/C38H47N5O6S/c1-24-10-14-31-26(17-24)8-6-16-38(31)22-43-19-28-11-13-29(28)33(44)9-5-7-25(2)21-50(47,41-36(46)30-20-42(3)39-37(30)48-4)40-35(45)27-12-15-34(49-23-38)32(43)18-27/h5,9-10,12,14-15,17-18,20,25,28-29,33,44H,6-8,11,13,16,19,21-23H2,1-4H3,(H,40,41,45,46,47)/b9-5+/t25-,28-,29+,33-,38-,50?/m0/s1. The summed E-state index contributed by atoms with van der Waals surface area (Å²) in [4.78, 5) is 29.8.